The van der Waals surface area contributed by atoms with Crippen LogP contribution in [0.5, 0.6) is 17.2 Å². The van der Waals surface area contributed by atoms with Crippen molar-refractivity contribution in [3.05, 3.63) is 82.4 Å². The van der Waals surface area contributed by atoms with Crippen LogP contribution in [0.4, 0.5) is 5.13 Å². The van der Waals surface area contributed by atoms with Gasteiger partial charge in [-0.25, -0.2) is 4.98 Å². The first-order chi connectivity index (χ1) is 18.7. The third kappa shape index (κ3) is 4.19. The van der Waals surface area contributed by atoms with E-state index in [0.717, 1.165) is 21.6 Å². The summed E-state index contributed by atoms with van der Waals surface area (Å²) >= 11 is 1.30. The van der Waals surface area contributed by atoms with E-state index in [1.54, 1.807) is 37.3 Å². The van der Waals surface area contributed by atoms with Gasteiger partial charge in [0.15, 0.2) is 16.6 Å². The number of thiazole rings is 1. The number of amides is 1. The number of aromatic hydroxyl groups is 1. The monoisotopic (exact) mass is 542 g/mol. The highest BCUT2D eigenvalue weighted by Crippen LogP contribution is 2.46. The van der Waals surface area contributed by atoms with Gasteiger partial charge in [-0.05, 0) is 79.9 Å². The van der Waals surface area contributed by atoms with Gasteiger partial charge in [-0.15, -0.1) is 0 Å². The molecule has 0 aliphatic carbocycles. The second kappa shape index (κ2) is 9.43. The van der Waals surface area contributed by atoms with E-state index in [9.17, 15) is 19.8 Å². The van der Waals surface area contributed by atoms with E-state index in [2.05, 4.69) is 4.98 Å². The fourth-order valence-corrected chi connectivity index (χ4v) is 6.26. The van der Waals surface area contributed by atoms with Crippen molar-refractivity contribution in [3.63, 3.8) is 0 Å². The van der Waals surface area contributed by atoms with Gasteiger partial charge >= 0.3 is 5.91 Å². The lowest BCUT2D eigenvalue weighted by Crippen LogP contribution is -2.29. The molecule has 1 fully saturated rings. The molecule has 1 amide bonds. The lowest BCUT2D eigenvalue weighted by atomic mass is 9.94. The van der Waals surface area contributed by atoms with E-state index >= 15 is 0 Å². The Labute approximate surface area is 228 Å². The zero-order chi connectivity index (χ0) is 27.4. The van der Waals surface area contributed by atoms with Crippen molar-refractivity contribution < 1.29 is 29.3 Å². The van der Waals surface area contributed by atoms with Gasteiger partial charge in [0, 0.05) is 12.0 Å². The first-order valence-electron chi connectivity index (χ1n) is 12.7. The number of aryl methyl sites for hydroxylation is 1. The largest absolute Gasteiger partial charge is 0.507 e. The number of fused-ring (bicyclic) bond motifs is 2. The number of hydrogen-bond donors (Lipinski definition) is 2. The number of anilines is 1. The lowest BCUT2D eigenvalue weighted by Gasteiger charge is -2.23. The van der Waals surface area contributed by atoms with Crippen molar-refractivity contribution >= 4 is 44.1 Å². The molecule has 0 radical (unpaired) electrons. The summed E-state index contributed by atoms with van der Waals surface area (Å²) in [5.41, 5.74) is 3.52. The van der Waals surface area contributed by atoms with Gasteiger partial charge in [-0.1, -0.05) is 23.5 Å². The Bertz CT molecular complexity index is 1690. The number of phenolic OH excluding ortho intramolecular Hbond substituents is 1. The number of phenols is 1. The Kier molecular flexibility index (Phi) is 6.03. The molecule has 2 N–H and O–H groups in total. The summed E-state index contributed by atoms with van der Waals surface area (Å²) in [6, 6.07) is 14.7. The van der Waals surface area contributed by atoms with Crippen LogP contribution in [0.2, 0.25) is 0 Å². The minimum atomic E-state index is -0.991. The molecule has 0 unspecified atom stereocenters. The molecule has 39 heavy (non-hydrogen) atoms. The molecule has 0 spiro atoms. The maximum Gasteiger partial charge on any atom is 0.301 e. The molecular weight excluding hydrogens is 516 g/mol. The van der Waals surface area contributed by atoms with E-state index in [0.29, 0.717) is 34.8 Å². The van der Waals surface area contributed by atoms with Crippen LogP contribution in [0.1, 0.15) is 42.1 Å². The average Bonchev–Trinajstić information content (AvgIpc) is 3.57. The molecule has 2 aliphatic heterocycles. The molecule has 3 aromatic carbocycles. The third-order valence-corrected chi connectivity index (χ3v) is 7.97. The van der Waals surface area contributed by atoms with Crippen LogP contribution < -0.4 is 14.4 Å². The number of benzene rings is 3. The summed E-state index contributed by atoms with van der Waals surface area (Å²) < 4.78 is 12.2. The molecular formula is C30H26N2O6S. The number of Topliss-reactive ketones (excluding diaryl/α,β-unsaturated/α-hetero) is 1. The number of hydrogen-bond acceptors (Lipinski definition) is 8. The highest BCUT2D eigenvalue weighted by Gasteiger charge is 2.48. The Morgan fingerprint density at radius 1 is 1.15 bits per heavy atom. The molecule has 4 aromatic rings. The number of aromatic nitrogens is 1. The molecule has 8 nitrogen and oxygen atoms in total. The van der Waals surface area contributed by atoms with E-state index in [-0.39, 0.29) is 28.9 Å². The molecule has 0 saturated carbocycles. The summed E-state index contributed by atoms with van der Waals surface area (Å²) in [5, 5.41) is 22.2. The van der Waals surface area contributed by atoms with Crippen LogP contribution in [-0.4, -0.2) is 39.6 Å². The zero-order valence-electron chi connectivity index (χ0n) is 21.6. The number of rotatable bonds is 5. The second-order valence-corrected chi connectivity index (χ2v) is 10.8. The van der Waals surface area contributed by atoms with Gasteiger partial charge in [0.05, 0.1) is 28.4 Å². The van der Waals surface area contributed by atoms with E-state index < -0.39 is 17.7 Å². The molecule has 2 aliphatic rings. The van der Waals surface area contributed by atoms with Gasteiger partial charge in [0.25, 0.3) is 5.78 Å². The Hall–Kier alpha value is -4.37. The minimum Gasteiger partial charge on any atom is -0.507 e. The molecule has 2 atom stereocenters. The zero-order valence-corrected chi connectivity index (χ0v) is 22.4. The number of carbonyl (C=O) groups excluding carboxylic acids is 2. The number of aliphatic hydroxyl groups is 1. The van der Waals surface area contributed by atoms with E-state index in [1.165, 1.54) is 22.3 Å². The number of aliphatic hydroxyl groups excluding tert-OH is 1. The number of carbonyl (C=O) groups is 2. The average molecular weight is 543 g/mol. The highest BCUT2D eigenvalue weighted by molar-refractivity contribution is 7.22. The normalized spacial score (nSPS) is 19.9. The predicted molar refractivity (Wildman–Crippen MR) is 149 cm³/mol. The van der Waals surface area contributed by atoms with E-state index in [1.807, 2.05) is 32.0 Å². The number of nitrogens with zero attached hydrogens (tertiary/aromatic N) is 2. The molecule has 1 saturated heterocycles. The summed E-state index contributed by atoms with van der Waals surface area (Å²) in [4.78, 5) is 33.2. The molecule has 1 aromatic heterocycles. The van der Waals surface area contributed by atoms with Gasteiger partial charge in [0.2, 0.25) is 0 Å². The molecule has 3 heterocycles. The smallest absolute Gasteiger partial charge is 0.301 e. The fourth-order valence-electron chi connectivity index (χ4n) is 5.16. The van der Waals surface area contributed by atoms with Crippen molar-refractivity contribution in [1.29, 1.82) is 0 Å². The van der Waals surface area contributed by atoms with E-state index in [4.69, 9.17) is 9.47 Å². The van der Waals surface area contributed by atoms with Crippen LogP contribution in [0.3, 0.4) is 0 Å². The number of ketones is 1. The molecule has 0 bridgehead atoms. The standard InChI is InChI=1S/C30H26N2O6S/c1-4-37-23-14-17(6-9-21(23)33)26-25(27(34)18-7-10-22-19(13-18)12-16(3)38-22)28(35)29(36)32(26)30-31-20-8-5-15(2)11-24(20)39-30/h5-11,13-14,16,26,33-34H,4,12H2,1-3H3/b27-25+/t16-,26+/m1/s1. The number of ether oxygens (including phenoxy) is 2. The van der Waals surface area contributed by atoms with Gasteiger partial charge in [-0.3, -0.25) is 14.5 Å². The maximum absolute atomic E-state index is 13.6. The van der Waals surface area contributed by atoms with Crippen LogP contribution in [0.15, 0.2) is 60.2 Å². The summed E-state index contributed by atoms with van der Waals surface area (Å²) in [6.45, 7) is 6.04. The maximum atomic E-state index is 13.6. The van der Waals surface area contributed by atoms with Crippen LogP contribution in [0.25, 0.3) is 16.0 Å². The first kappa shape index (κ1) is 24.9. The third-order valence-electron chi connectivity index (χ3n) is 6.95. The van der Waals surface area contributed by atoms with Gasteiger partial charge in [-0.2, -0.15) is 0 Å². The Balaban J connectivity index is 1.55. The lowest BCUT2D eigenvalue weighted by molar-refractivity contribution is -0.132. The van der Waals surface area contributed by atoms with Crippen LogP contribution in [0, 0.1) is 6.92 Å². The van der Waals surface area contributed by atoms with Gasteiger partial charge in [0.1, 0.15) is 17.6 Å². The molecule has 6 rings (SSSR count). The molecule has 9 heteroatoms. The first-order valence-corrected chi connectivity index (χ1v) is 13.5. The van der Waals surface area contributed by atoms with Crippen molar-refractivity contribution in [1.82, 2.24) is 4.98 Å². The fraction of sp³-hybridized carbons (Fsp3) is 0.233. The Morgan fingerprint density at radius 2 is 1.97 bits per heavy atom. The van der Waals surface area contributed by atoms with Crippen molar-refractivity contribution in [2.45, 2.75) is 39.3 Å². The van der Waals surface area contributed by atoms with Crippen molar-refractivity contribution in [2.24, 2.45) is 0 Å². The van der Waals surface area contributed by atoms with Crippen LogP contribution in [-0.2, 0) is 16.0 Å². The summed E-state index contributed by atoms with van der Waals surface area (Å²) in [6.07, 6.45) is 0.689. The molecule has 198 valence electrons. The highest BCUT2D eigenvalue weighted by atomic mass is 32.1. The van der Waals surface area contributed by atoms with Gasteiger partial charge < -0.3 is 19.7 Å². The summed E-state index contributed by atoms with van der Waals surface area (Å²) in [7, 11) is 0. The quantitative estimate of drug-likeness (QED) is 0.190. The van der Waals surface area contributed by atoms with Crippen molar-refractivity contribution in [2.75, 3.05) is 11.5 Å². The van der Waals surface area contributed by atoms with Crippen molar-refractivity contribution in [3.8, 4) is 17.2 Å². The topological polar surface area (TPSA) is 109 Å². The SMILES string of the molecule is CCOc1cc([C@H]2/C(=C(\O)c3ccc4c(c3)C[C@@H](C)O4)C(=O)C(=O)N2c2nc3ccc(C)cc3s2)ccc1O. The predicted octanol–water partition coefficient (Wildman–Crippen LogP) is 5.66. The second-order valence-electron chi connectivity index (χ2n) is 9.75. The summed E-state index contributed by atoms with van der Waals surface area (Å²) in [5.74, 6) is -1.01. The van der Waals surface area contributed by atoms with Crippen LogP contribution >= 0.6 is 11.3 Å². The minimum absolute atomic E-state index is 0.0135. The Morgan fingerprint density at radius 3 is 2.77 bits per heavy atom.